The average molecular weight is 256 g/mol. The van der Waals surface area contributed by atoms with Gasteiger partial charge in [0.25, 0.3) is 0 Å². The zero-order chi connectivity index (χ0) is 13.5. The molecule has 2 aromatic rings. The van der Waals surface area contributed by atoms with Gasteiger partial charge < -0.3 is 9.84 Å². The molecule has 0 aliphatic carbocycles. The maximum Gasteiger partial charge on any atom is 0.124 e. The molecule has 0 aliphatic heterocycles. The number of hydrogen-bond acceptors (Lipinski definition) is 4. The predicted molar refractivity (Wildman–Crippen MR) is 76.6 cm³/mol. The average Bonchev–Trinajstić information content (AvgIpc) is 2.48. The second-order valence-corrected chi connectivity index (χ2v) is 3.97. The Morgan fingerprint density at radius 2 is 2.00 bits per heavy atom. The first-order valence-corrected chi connectivity index (χ1v) is 5.95. The van der Waals surface area contributed by atoms with Crippen molar-refractivity contribution >= 4 is 11.9 Å². The van der Waals surface area contributed by atoms with Gasteiger partial charge in [-0.05, 0) is 35.9 Å². The van der Waals surface area contributed by atoms with E-state index in [0.717, 1.165) is 16.8 Å². The Morgan fingerprint density at radius 1 is 1.21 bits per heavy atom. The fourth-order valence-electron chi connectivity index (χ4n) is 1.70. The number of hydrogen-bond donors (Lipinski definition) is 2. The summed E-state index contributed by atoms with van der Waals surface area (Å²) in [6.07, 6.45) is 1.70. The Morgan fingerprint density at radius 3 is 2.68 bits per heavy atom. The van der Waals surface area contributed by atoms with Gasteiger partial charge in [0, 0.05) is 5.56 Å². The number of rotatable bonds is 5. The van der Waals surface area contributed by atoms with Crippen LogP contribution >= 0.6 is 0 Å². The lowest BCUT2D eigenvalue weighted by molar-refractivity contribution is 0.274. The van der Waals surface area contributed by atoms with Crippen molar-refractivity contribution in [1.29, 1.82) is 0 Å². The molecule has 2 aromatic carbocycles. The Kier molecular flexibility index (Phi) is 4.53. The van der Waals surface area contributed by atoms with Gasteiger partial charge in [0.2, 0.25) is 0 Å². The molecule has 0 aliphatic rings. The van der Waals surface area contributed by atoms with Crippen molar-refractivity contribution in [2.45, 2.75) is 6.61 Å². The van der Waals surface area contributed by atoms with Crippen molar-refractivity contribution in [1.82, 2.24) is 0 Å². The van der Waals surface area contributed by atoms with Gasteiger partial charge >= 0.3 is 0 Å². The van der Waals surface area contributed by atoms with E-state index in [1.54, 1.807) is 13.3 Å². The molecule has 2 N–H and O–H groups in total. The topological polar surface area (TPSA) is 53.8 Å². The van der Waals surface area contributed by atoms with Crippen LogP contribution in [-0.2, 0) is 6.61 Å². The van der Waals surface area contributed by atoms with Gasteiger partial charge in [-0.15, -0.1) is 0 Å². The van der Waals surface area contributed by atoms with Gasteiger partial charge in [-0.2, -0.15) is 5.10 Å². The van der Waals surface area contributed by atoms with Gasteiger partial charge in [-0.25, -0.2) is 0 Å². The van der Waals surface area contributed by atoms with Crippen LogP contribution < -0.4 is 10.2 Å². The number of hydrazone groups is 1. The summed E-state index contributed by atoms with van der Waals surface area (Å²) in [5.74, 6) is 0.677. The first-order valence-electron chi connectivity index (χ1n) is 5.95. The Labute approximate surface area is 112 Å². The summed E-state index contributed by atoms with van der Waals surface area (Å²) < 4.78 is 5.14. The van der Waals surface area contributed by atoms with E-state index >= 15 is 0 Å². The highest BCUT2D eigenvalue weighted by molar-refractivity contribution is 5.81. The van der Waals surface area contributed by atoms with E-state index in [9.17, 15) is 5.11 Å². The summed E-state index contributed by atoms with van der Waals surface area (Å²) in [5.41, 5.74) is 5.50. The number of nitrogens with zero attached hydrogens (tertiary/aromatic N) is 1. The molecule has 0 bridgehead atoms. The lowest BCUT2D eigenvalue weighted by Gasteiger charge is -2.06. The van der Waals surface area contributed by atoms with Crippen molar-refractivity contribution in [3.8, 4) is 5.75 Å². The molecule has 19 heavy (non-hydrogen) atoms. The second-order valence-electron chi connectivity index (χ2n) is 3.97. The molecule has 0 fully saturated rings. The summed E-state index contributed by atoms with van der Waals surface area (Å²) in [4.78, 5) is 0. The second kappa shape index (κ2) is 6.56. The van der Waals surface area contributed by atoms with Gasteiger partial charge in [0.05, 0.1) is 25.6 Å². The highest BCUT2D eigenvalue weighted by atomic mass is 16.5. The van der Waals surface area contributed by atoms with Crippen LogP contribution in [0.5, 0.6) is 5.75 Å². The van der Waals surface area contributed by atoms with Crippen LogP contribution in [-0.4, -0.2) is 18.4 Å². The standard InChI is InChI=1S/C15H16N2O2/c1-19-15-8-7-12(9-13(15)11-18)10-16-17-14-5-3-2-4-6-14/h2-10,17-18H,11H2,1H3. The lowest BCUT2D eigenvalue weighted by Crippen LogP contribution is -1.95. The zero-order valence-electron chi connectivity index (χ0n) is 10.7. The number of benzene rings is 2. The molecule has 0 unspecified atom stereocenters. The first kappa shape index (κ1) is 13.1. The van der Waals surface area contributed by atoms with Gasteiger partial charge in [0.15, 0.2) is 0 Å². The minimum atomic E-state index is -0.0586. The number of nitrogens with one attached hydrogen (secondary N) is 1. The maximum atomic E-state index is 9.24. The number of methoxy groups -OCH3 is 1. The Bertz CT molecular complexity index is 553. The van der Waals surface area contributed by atoms with E-state index in [1.165, 1.54) is 0 Å². The summed E-state index contributed by atoms with van der Waals surface area (Å²) in [6, 6.07) is 15.2. The van der Waals surface area contributed by atoms with Crippen LogP contribution in [0.25, 0.3) is 0 Å². The van der Waals surface area contributed by atoms with Crippen molar-refractivity contribution < 1.29 is 9.84 Å². The smallest absolute Gasteiger partial charge is 0.124 e. The summed E-state index contributed by atoms with van der Waals surface area (Å²) in [5, 5.41) is 13.4. The molecule has 0 spiro atoms. The summed E-state index contributed by atoms with van der Waals surface area (Å²) >= 11 is 0. The molecule has 0 amide bonds. The Hall–Kier alpha value is -2.33. The normalized spacial score (nSPS) is 10.6. The van der Waals surface area contributed by atoms with E-state index < -0.39 is 0 Å². The summed E-state index contributed by atoms with van der Waals surface area (Å²) in [6.45, 7) is -0.0586. The van der Waals surface area contributed by atoms with Gasteiger partial charge in [0.1, 0.15) is 5.75 Å². The highest BCUT2D eigenvalue weighted by Crippen LogP contribution is 2.19. The first-order chi connectivity index (χ1) is 9.33. The summed E-state index contributed by atoms with van der Waals surface area (Å²) in [7, 11) is 1.58. The zero-order valence-corrected chi connectivity index (χ0v) is 10.7. The molecular weight excluding hydrogens is 240 g/mol. The number of ether oxygens (including phenoxy) is 1. The molecule has 0 radical (unpaired) electrons. The third-order valence-corrected chi connectivity index (χ3v) is 2.66. The quantitative estimate of drug-likeness (QED) is 0.638. The van der Waals surface area contributed by atoms with Crippen LogP contribution in [0.15, 0.2) is 53.6 Å². The van der Waals surface area contributed by atoms with Gasteiger partial charge in [-0.3, -0.25) is 5.43 Å². The largest absolute Gasteiger partial charge is 0.496 e. The lowest BCUT2D eigenvalue weighted by atomic mass is 10.1. The number of aliphatic hydroxyl groups excluding tert-OH is 1. The molecule has 0 atom stereocenters. The number of anilines is 1. The molecule has 4 heteroatoms. The molecule has 2 rings (SSSR count). The van der Waals surface area contributed by atoms with Crippen molar-refractivity contribution in [2.75, 3.05) is 12.5 Å². The van der Waals surface area contributed by atoms with Crippen LogP contribution in [0.2, 0.25) is 0 Å². The minimum absolute atomic E-state index is 0.0586. The third-order valence-electron chi connectivity index (χ3n) is 2.66. The molecule has 4 nitrogen and oxygen atoms in total. The van der Waals surface area contributed by atoms with Crippen molar-refractivity contribution in [3.05, 3.63) is 59.7 Å². The van der Waals surface area contributed by atoms with Crippen LogP contribution in [0, 0.1) is 0 Å². The van der Waals surface area contributed by atoms with E-state index in [1.807, 2.05) is 48.5 Å². The minimum Gasteiger partial charge on any atom is -0.496 e. The van der Waals surface area contributed by atoms with E-state index in [-0.39, 0.29) is 6.61 Å². The van der Waals surface area contributed by atoms with E-state index in [4.69, 9.17) is 4.74 Å². The van der Waals surface area contributed by atoms with Crippen LogP contribution in [0.3, 0.4) is 0 Å². The monoisotopic (exact) mass is 256 g/mol. The van der Waals surface area contributed by atoms with Crippen molar-refractivity contribution in [2.24, 2.45) is 5.10 Å². The third kappa shape index (κ3) is 3.56. The van der Waals surface area contributed by atoms with Gasteiger partial charge in [-0.1, -0.05) is 18.2 Å². The number of aliphatic hydroxyl groups is 1. The van der Waals surface area contributed by atoms with E-state index in [0.29, 0.717) is 5.75 Å². The maximum absolute atomic E-state index is 9.24. The molecule has 0 heterocycles. The SMILES string of the molecule is COc1ccc(C=NNc2ccccc2)cc1CO. The molecule has 0 saturated heterocycles. The van der Waals surface area contributed by atoms with E-state index in [2.05, 4.69) is 10.5 Å². The predicted octanol–water partition coefficient (Wildman–Crippen LogP) is 2.63. The van der Waals surface area contributed by atoms with Crippen molar-refractivity contribution in [3.63, 3.8) is 0 Å². The van der Waals surface area contributed by atoms with Crippen LogP contribution in [0.1, 0.15) is 11.1 Å². The fourth-order valence-corrected chi connectivity index (χ4v) is 1.70. The van der Waals surface area contributed by atoms with Crippen LogP contribution in [0.4, 0.5) is 5.69 Å². The highest BCUT2D eigenvalue weighted by Gasteiger charge is 2.01. The Balaban J connectivity index is 2.07. The fraction of sp³-hybridized carbons (Fsp3) is 0.133. The molecule has 0 aromatic heterocycles. The number of para-hydroxylation sites is 1. The molecule has 0 saturated carbocycles. The molecule has 98 valence electrons. The molecular formula is C15H16N2O2.